The summed E-state index contributed by atoms with van der Waals surface area (Å²) in [6.07, 6.45) is 4.87. The van der Waals surface area contributed by atoms with Gasteiger partial charge in [-0.15, -0.1) is 0 Å². The first-order valence-electron chi connectivity index (χ1n) is 17.7. The lowest BCUT2D eigenvalue weighted by atomic mass is 10.1. The van der Waals surface area contributed by atoms with Crippen molar-refractivity contribution < 1.29 is 62.7 Å². The van der Waals surface area contributed by atoms with Crippen LogP contribution in [-0.4, -0.2) is 131 Å². The molecule has 0 radical (unpaired) electrons. The molecule has 1 aromatic rings. The van der Waals surface area contributed by atoms with E-state index in [2.05, 4.69) is 21.3 Å². The average Bonchev–Trinajstić information content (AvgIpc) is 3.12. The molecule has 52 heavy (non-hydrogen) atoms. The summed E-state index contributed by atoms with van der Waals surface area (Å²) in [6, 6.07) is 5.03. The van der Waals surface area contributed by atoms with Crippen molar-refractivity contribution in [1.29, 1.82) is 0 Å². The fourth-order valence-corrected chi connectivity index (χ4v) is 4.35. The van der Waals surface area contributed by atoms with E-state index in [-0.39, 0.29) is 101 Å². The zero-order valence-electron chi connectivity index (χ0n) is 30.1. The number of aliphatic carboxylic acids is 1. The van der Waals surface area contributed by atoms with Crippen LogP contribution in [0.5, 0.6) is 5.75 Å². The van der Waals surface area contributed by atoms with Gasteiger partial charge in [-0.25, -0.2) is 9.59 Å². The van der Waals surface area contributed by atoms with Crippen LogP contribution >= 0.6 is 0 Å². The predicted molar refractivity (Wildman–Crippen MR) is 188 cm³/mol. The van der Waals surface area contributed by atoms with Crippen LogP contribution in [0.4, 0.5) is 0 Å². The monoisotopic (exact) mass is 740 g/mol. The molecular weight excluding hydrogens is 684 g/mol. The van der Waals surface area contributed by atoms with E-state index in [1.165, 1.54) is 12.1 Å². The highest BCUT2D eigenvalue weighted by Gasteiger charge is 2.20. The van der Waals surface area contributed by atoms with E-state index < -0.39 is 18.0 Å². The third kappa shape index (κ3) is 25.6. The fraction of sp³-hybridized carbons (Fsp3) is 0.657. The highest BCUT2D eigenvalue weighted by molar-refractivity contribution is 5.87. The van der Waals surface area contributed by atoms with E-state index in [4.69, 9.17) is 28.8 Å². The fourth-order valence-electron chi connectivity index (χ4n) is 4.35. The highest BCUT2D eigenvalue weighted by atomic mass is 16.5. The van der Waals surface area contributed by atoms with Crippen molar-refractivity contribution in [1.82, 2.24) is 21.3 Å². The molecule has 0 heterocycles. The Morgan fingerprint density at radius 1 is 0.596 bits per heavy atom. The first-order valence-corrected chi connectivity index (χ1v) is 17.7. The van der Waals surface area contributed by atoms with Gasteiger partial charge < -0.3 is 55.2 Å². The number of hydrogen-bond acceptors (Lipinski definition) is 11. The minimum absolute atomic E-state index is 0.0188. The van der Waals surface area contributed by atoms with Gasteiger partial charge in [0.05, 0.1) is 51.8 Å². The minimum Gasteiger partial charge on any atom is -0.494 e. The summed E-state index contributed by atoms with van der Waals surface area (Å²) < 4.78 is 26.7. The van der Waals surface area contributed by atoms with E-state index in [9.17, 15) is 33.9 Å². The molecule has 1 atom stereocenters. The molecule has 0 aromatic heterocycles. The Labute approximate surface area is 304 Å². The van der Waals surface area contributed by atoms with Crippen LogP contribution in [0.2, 0.25) is 0 Å². The van der Waals surface area contributed by atoms with Gasteiger partial charge in [-0.3, -0.25) is 19.2 Å². The van der Waals surface area contributed by atoms with Gasteiger partial charge in [-0.1, -0.05) is 26.2 Å². The Bertz CT molecular complexity index is 1180. The minimum atomic E-state index is -1.21. The molecule has 1 rings (SSSR count). The second-order valence-electron chi connectivity index (χ2n) is 11.6. The molecule has 6 N–H and O–H groups in total. The smallest absolute Gasteiger partial charge is 0.335 e. The second kappa shape index (κ2) is 30.3. The van der Waals surface area contributed by atoms with Crippen molar-refractivity contribution in [2.24, 2.45) is 0 Å². The Morgan fingerprint density at radius 2 is 1.13 bits per heavy atom. The van der Waals surface area contributed by atoms with Gasteiger partial charge in [0.25, 0.3) is 0 Å². The van der Waals surface area contributed by atoms with Crippen molar-refractivity contribution in [2.45, 2.75) is 70.8 Å². The van der Waals surface area contributed by atoms with Gasteiger partial charge in [0.1, 0.15) is 25.0 Å². The van der Waals surface area contributed by atoms with E-state index in [0.29, 0.717) is 38.5 Å². The number of unbranched alkanes of at least 4 members (excludes halogenated alkanes) is 4. The standard InChI is InChI=1S/C35H56N4O13/c1-2-15-36-32(42)25-50-23-22-49-20-17-38-33(43)26-51-24-21-48-19-16-37-30(40)14-13-29(35(46)47)39-31(41)8-6-4-3-5-7-18-52-28-11-9-27(10-12-28)34(44)45/h9-12,29H,2-8,13-26H2,1H3,(H,36,42)(H,37,40)(H,38,43)(H,39,41)(H,44,45)(H,46,47)/t29-/m0/s1. The third-order valence-electron chi connectivity index (χ3n) is 7.13. The largest absolute Gasteiger partial charge is 0.494 e. The molecule has 1 aromatic carbocycles. The number of amides is 4. The van der Waals surface area contributed by atoms with Crippen LogP contribution in [0, 0.1) is 0 Å². The molecule has 4 amide bonds. The lowest BCUT2D eigenvalue weighted by molar-refractivity contribution is -0.142. The Morgan fingerprint density at radius 3 is 1.71 bits per heavy atom. The number of benzene rings is 1. The summed E-state index contributed by atoms with van der Waals surface area (Å²) in [4.78, 5) is 70.0. The Kier molecular flexibility index (Phi) is 26.6. The molecule has 0 saturated carbocycles. The lowest BCUT2D eigenvalue weighted by Crippen LogP contribution is -2.41. The van der Waals surface area contributed by atoms with Crippen LogP contribution in [0.1, 0.15) is 75.1 Å². The second-order valence-corrected chi connectivity index (χ2v) is 11.6. The summed E-state index contributed by atoms with van der Waals surface area (Å²) in [5, 5.41) is 28.8. The summed E-state index contributed by atoms with van der Waals surface area (Å²) in [6.45, 7) is 4.82. The number of carbonyl (C=O) groups is 6. The third-order valence-corrected chi connectivity index (χ3v) is 7.13. The van der Waals surface area contributed by atoms with Gasteiger partial charge in [0.15, 0.2) is 0 Å². The number of rotatable bonds is 33. The van der Waals surface area contributed by atoms with E-state index in [0.717, 1.165) is 32.1 Å². The van der Waals surface area contributed by atoms with Crippen LogP contribution in [0.25, 0.3) is 0 Å². The van der Waals surface area contributed by atoms with Gasteiger partial charge in [-0.2, -0.15) is 0 Å². The molecule has 0 bridgehead atoms. The first-order chi connectivity index (χ1) is 25.1. The molecule has 294 valence electrons. The van der Waals surface area contributed by atoms with Crippen LogP contribution in [0.15, 0.2) is 24.3 Å². The van der Waals surface area contributed by atoms with Crippen molar-refractivity contribution >= 4 is 35.6 Å². The van der Waals surface area contributed by atoms with Crippen molar-refractivity contribution in [2.75, 3.05) is 79.1 Å². The molecule has 0 spiro atoms. The number of carboxylic acid groups (broad SMARTS) is 2. The van der Waals surface area contributed by atoms with E-state index >= 15 is 0 Å². The normalized spacial score (nSPS) is 11.3. The zero-order chi connectivity index (χ0) is 38.2. The predicted octanol–water partition coefficient (Wildman–Crippen LogP) is 1.28. The van der Waals surface area contributed by atoms with Gasteiger partial charge in [0.2, 0.25) is 23.6 Å². The number of carbonyl (C=O) groups excluding carboxylic acids is 4. The summed E-state index contributed by atoms with van der Waals surface area (Å²) >= 11 is 0. The molecule has 0 aliphatic carbocycles. The highest BCUT2D eigenvalue weighted by Crippen LogP contribution is 2.13. The molecule has 0 unspecified atom stereocenters. The van der Waals surface area contributed by atoms with Crippen LogP contribution < -0.4 is 26.0 Å². The Balaban J connectivity index is 1.97. The lowest BCUT2D eigenvalue weighted by Gasteiger charge is -2.14. The van der Waals surface area contributed by atoms with E-state index in [1.807, 2.05) is 6.92 Å². The number of hydrogen-bond donors (Lipinski definition) is 6. The number of ether oxygens (including phenoxy) is 5. The topological polar surface area (TPSA) is 237 Å². The van der Waals surface area contributed by atoms with Gasteiger partial charge in [0, 0.05) is 32.5 Å². The number of nitrogens with one attached hydrogen (secondary N) is 4. The first kappa shape index (κ1) is 45.7. The average molecular weight is 741 g/mol. The maximum Gasteiger partial charge on any atom is 0.335 e. The molecule has 17 nitrogen and oxygen atoms in total. The van der Waals surface area contributed by atoms with Crippen molar-refractivity contribution in [3.05, 3.63) is 29.8 Å². The molecule has 0 aliphatic heterocycles. The Hall–Kier alpha value is -4.32. The molecule has 0 aliphatic rings. The maximum absolute atomic E-state index is 12.3. The zero-order valence-corrected chi connectivity index (χ0v) is 30.1. The van der Waals surface area contributed by atoms with Crippen molar-refractivity contribution in [3.8, 4) is 5.75 Å². The number of carboxylic acids is 2. The van der Waals surface area contributed by atoms with Crippen molar-refractivity contribution in [3.63, 3.8) is 0 Å². The molecular formula is C35H56N4O13. The van der Waals surface area contributed by atoms with E-state index in [1.54, 1.807) is 12.1 Å². The molecule has 0 saturated heterocycles. The quantitative estimate of drug-likeness (QED) is 0.0558. The van der Waals surface area contributed by atoms with Crippen LogP contribution in [-0.2, 0) is 42.9 Å². The SMILES string of the molecule is CCCNC(=O)COCCOCCNC(=O)COCCOCCNC(=O)CC[C@H](NC(=O)CCCCCCCOc1ccc(C(=O)O)cc1)C(=O)O. The molecule has 0 fully saturated rings. The number of aromatic carboxylic acids is 1. The summed E-state index contributed by atoms with van der Waals surface area (Å²) in [5.41, 5.74) is 0.196. The summed E-state index contributed by atoms with van der Waals surface area (Å²) in [5.74, 6) is -2.84. The van der Waals surface area contributed by atoms with Gasteiger partial charge in [-0.05, 0) is 49.9 Å². The molecule has 17 heteroatoms. The van der Waals surface area contributed by atoms with Gasteiger partial charge >= 0.3 is 11.9 Å². The summed E-state index contributed by atoms with van der Waals surface area (Å²) in [7, 11) is 0. The maximum atomic E-state index is 12.3. The van der Waals surface area contributed by atoms with Crippen LogP contribution in [0.3, 0.4) is 0 Å².